The molecule has 1 aromatic carbocycles. The summed E-state index contributed by atoms with van der Waals surface area (Å²) in [4.78, 5) is 76.2. The van der Waals surface area contributed by atoms with Crippen LogP contribution in [0.2, 0.25) is 0 Å². The number of carboxylic acids is 2. The number of fused-ring (bicyclic) bond motifs is 1. The Morgan fingerprint density at radius 3 is 2.20 bits per heavy atom. The molecule has 218 valence electrons. The van der Waals surface area contributed by atoms with Crippen molar-refractivity contribution in [3.63, 3.8) is 0 Å². The lowest BCUT2D eigenvalue weighted by molar-refractivity contribution is -0.143. The zero-order valence-electron chi connectivity index (χ0n) is 22.3. The molecule has 2 aromatic rings. The molecule has 0 aliphatic rings. The van der Waals surface area contributed by atoms with Gasteiger partial charge in [0.05, 0.1) is 12.5 Å². The van der Waals surface area contributed by atoms with Gasteiger partial charge in [0.2, 0.25) is 23.6 Å². The van der Waals surface area contributed by atoms with Gasteiger partial charge < -0.3 is 42.6 Å². The molecule has 0 saturated carbocycles. The molecule has 0 saturated heterocycles. The maximum atomic E-state index is 13.4. The van der Waals surface area contributed by atoms with Gasteiger partial charge in [0.1, 0.15) is 18.1 Å². The lowest BCUT2D eigenvalue weighted by atomic mass is 9.96. The van der Waals surface area contributed by atoms with Crippen molar-refractivity contribution in [3.8, 4) is 0 Å². The van der Waals surface area contributed by atoms with Gasteiger partial charge in [0.25, 0.3) is 0 Å². The predicted octanol–water partition coefficient (Wildman–Crippen LogP) is -0.637. The second kappa shape index (κ2) is 14.6. The quantitative estimate of drug-likeness (QED) is 0.130. The van der Waals surface area contributed by atoms with E-state index in [0.29, 0.717) is 12.0 Å². The molecule has 40 heavy (non-hydrogen) atoms. The number of benzene rings is 1. The van der Waals surface area contributed by atoms with E-state index in [9.17, 15) is 33.9 Å². The van der Waals surface area contributed by atoms with Crippen molar-refractivity contribution in [2.75, 3.05) is 0 Å². The van der Waals surface area contributed by atoms with Crippen LogP contribution in [0.4, 0.5) is 0 Å². The number of carbonyl (C=O) groups excluding carboxylic acids is 4. The summed E-state index contributed by atoms with van der Waals surface area (Å²) in [6.07, 6.45) is 0.776. The first-order chi connectivity index (χ1) is 18.8. The van der Waals surface area contributed by atoms with Gasteiger partial charge in [-0.2, -0.15) is 0 Å². The monoisotopic (exact) mass is 560 g/mol. The summed E-state index contributed by atoms with van der Waals surface area (Å²) in [7, 11) is 0. The largest absolute Gasteiger partial charge is 0.481 e. The Balaban J connectivity index is 2.34. The van der Waals surface area contributed by atoms with Crippen molar-refractivity contribution in [2.45, 2.75) is 70.1 Å². The first-order valence-electron chi connectivity index (χ1n) is 12.8. The van der Waals surface area contributed by atoms with E-state index in [1.807, 2.05) is 18.2 Å². The van der Waals surface area contributed by atoms with Gasteiger partial charge in [-0.15, -0.1) is 0 Å². The molecular weight excluding hydrogens is 524 g/mol. The van der Waals surface area contributed by atoms with Gasteiger partial charge >= 0.3 is 11.9 Å². The van der Waals surface area contributed by atoms with E-state index >= 15 is 0 Å². The molecule has 0 aliphatic heterocycles. The van der Waals surface area contributed by atoms with Crippen LogP contribution in [0.1, 0.15) is 45.1 Å². The van der Waals surface area contributed by atoms with Crippen LogP contribution in [0.15, 0.2) is 30.5 Å². The minimum absolute atomic E-state index is 0.0464. The fourth-order valence-electron chi connectivity index (χ4n) is 4.06. The first-order valence-corrected chi connectivity index (χ1v) is 12.8. The van der Waals surface area contributed by atoms with Crippen LogP contribution in [-0.4, -0.2) is 74.9 Å². The smallest absolute Gasteiger partial charge is 0.326 e. The number of hydrogen-bond acceptors (Lipinski definition) is 7. The molecule has 5 atom stereocenters. The Morgan fingerprint density at radius 2 is 1.60 bits per heavy atom. The molecule has 10 N–H and O–H groups in total. The zero-order valence-corrected chi connectivity index (χ0v) is 22.3. The van der Waals surface area contributed by atoms with Gasteiger partial charge in [0, 0.05) is 29.9 Å². The molecular formula is C26H36N6O8. The third-order valence-corrected chi connectivity index (χ3v) is 6.54. The Labute approximate surface area is 230 Å². The average Bonchev–Trinajstić information content (AvgIpc) is 3.30. The number of amides is 4. The normalized spacial score (nSPS) is 14.8. The molecule has 5 unspecified atom stereocenters. The average molecular weight is 561 g/mol. The van der Waals surface area contributed by atoms with Crippen LogP contribution < -0.4 is 27.4 Å². The van der Waals surface area contributed by atoms with Gasteiger partial charge in [-0.3, -0.25) is 24.0 Å². The summed E-state index contributed by atoms with van der Waals surface area (Å²) in [5.41, 5.74) is 12.3. The maximum Gasteiger partial charge on any atom is 0.326 e. The second-order valence-corrected chi connectivity index (χ2v) is 9.61. The van der Waals surface area contributed by atoms with Gasteiger partial charge in [-0.25, -0.2) is 4.79 Å². The molecule has 1 heterocycles. The Hall–Kier alpha value is -4.46. The molecule has 2 rings (SSSR count). The number of aromatic amines is 1. The number of aromatic nitrogens is 1. The number of para-hydroxylation sites is 1. The highest BCUT2D eigenvalue weighted by molar-refractivity contribution is 5.95. The van der Waals surface area contributed by atoms with Crippen molar-refractivity contribution in [1.29, 1.82) is 0 Å². The topological polar surface area (TPSA) is 247 Å². The van der Waals surface area contributed by atoms with E-state index in [1.165, 1.54) is 0 Å². The molecule has 14 heteroatoms. The molecule has 14 nitrogen and oxygen atoms in total. The van der Waals surface area contributed by atoms with Crippen molar-refractivity contribution in [1.82, 2.24) is 20.9 Å². The highest BCUT2D eigenvalue weighted by Crippen LogP contribution is 2.20. The summed E-state index contributed by atoms with van der Waals surface area (Å²) in [5, 5.41) is 26.7. The summed E-state index contributed by atoms with van der Waals surface area (Å²) >= 11 is 0. The summed E-state index contributed by atoms with van der Waals surface area (Å²) in [6, 6.07) is 2.02. The van der Waals surface area contributed by atoms with Gasteiger partial charge in [0.15, 0.2) is 0 Å². The van der Waals surface area contributed by atoms with Crippen LogP contribution in [0.5, 0.6) is 0 Å². The fraction of sp³-hybridized carbons (Fsp3) is 0.462. The lowest BCUT2D eigenvalue weighted by Crippen LogP contribution is -2.59. The third-order valence-electron chi connectivity index (χ3n) is 6.54. The molecule has 0 fully saturated rings. The fourth-order valence-corrected chi connectivity index (χ4v) is 4.06. The maximum absolute atomic E-state index is 13.4. The van der Waals surface area contributed by atoms with E-state index < -0.39 is 78.5 Å². The minimum Gasteiger partial charge on any atom is -0.481 e. The first kappa shape index (κ1) is 31.8. The molecule has 1 aromatic heterocycles. The van der Waals surface area contributed by atoms with E-state index in [1.54, 1.807) is 26.1 Å². The van der Waals surface area contributed by atoms with Crippen LogP contribution in [0, 0.1) is 5.92 Å². The van der Waals surface area contributed by atoms with Crippen LogP contribution >= 0.6 is 0 Å². The van der Waals surface area contributed by atoms with Crippen molar-refractivity contribution < 1.29 is 39.0 Å². The summed E-state index contributed by atoms with van der Waals surface area (Å²) in [6.45, 7) is 3.49. The molecule has 0 spiro atoms. The van der Waals surface area contributed by atoms with E-state index in [2.05, 4.69) is 20.9 Å². The zero-order chi connectivity index (χ0) is 30.0. The number of aliphatic carboxylic acids is 2. The lowest BCUT2D eigenvalue weighted by Gasteiger charge is -2.28. The third kappa shape index (κ3) is 9.08. The van der Waals surface area contributed by atoms with Crippen LogP contribution in [-0.2, 0) is 35.2 Å². The van der Waals surface area contributed by atoms with Crippen molar-refractivity contribution in [2.24, 2.45) is 17.4 Å². The Morgan fingerprint density at radius 1 is 0.950 bits per heavy atom. The minimum atomic E-state index is -1.51. The standard InChI is InChI=1S/C26H36N6O8/c1-3-13(2)22(32-23(36)16(27)11-20(28)33)25(38)31-19(10-14-12-29-17-7-5-4-6-15(14)17)24(37)30-18(26(39)40)8-9-21(34)35/h4-7,12-13,16,18-19,22,29H,3,8-11,27H2,1-2H3,(H2,28,33)(H,30,37)(H,31,38)(H,32,36)(H,34,35)(H,39,40). The number of nitrogens with two attached hydrogens (primary N) is 2. The second-order valence-electron chi connectivity index (χ2n) is 9.61. The van der Waals surface area contributed by atoms with E-state index in [-0.39, 0.29) is 12.8 Å². The number of nitrogens with one attached hydrogen (secondary N) is 4. The molecule has 0 radical (unpaired) electrons. The van der Waals surface area contributed by atoms with E-state index in [0.717, 1.165) is 10.9 Å². The number of carboxylic acid groups (broad SMARTS) is 2. The summed E-state index contributed by atoms with van der Waals surface area (Å²) in [5.74, 6) is -6.23. The van der Waals surface area contributed by atoms with Gasteiger partial charge in [-0.05, 0) is 24.0 Å². The molecule has 0 aliphatic carbocycles. The SMILES string of the molecule is CCC(C)C(NC(=O)C(N)CC(N)=O)C(=O)NC(Cc1c[nH]c2ccccc12)C(=O)NC(CCC(=O)O)C(=O)O. The van der Waals surface area contributed by atoms with Gasteiger partial charge in [-0.1, -0.05) is 38.5 Å². The Kier molecular flexibility index (Phi) is 11.6. The number of rotatable bonds is 16. The summed E-state index contributed by atoms with van der Waals surface area (Å²) < 4.78 is 0. The number of carbonyl (C=O) groups is 6. The number of hydrogen-bond donors (Lipinski definition) is 8. The van der Waals surface area contributed by atoms with Crippen LogP contribution in [0.3, 0.4) is 0 Å². The van der Waals surface area contributed by atoms with E-state index in [4.69, 9.17) is 16.6 Å². The number of H-pyrrole nitrogens is 1. The predicted molar refractivity (Wildman–Crippen MR) is 144 cm³/mol. The molecule has 0 bridgehead atoms. The van der Waals surface area contributed by atoms with Crippen molar-refractivity contribution >= 4 is 46.5 Å². The highest BCUT2D eigenvalue weighted by atomic mass is 16.4. The Bertz CT molecular complexity index is 1240. The van der Waals surface area contributed by atoms with Crippen molar-refractivity contribution in [3.05, 3.63) is 36.0 Å². The highest BCUT2D eigenvalue weighted by Gasteiger charge is 2.33. The number of primary amides is 1. The van der Waals surface area contributed by atoms with Crippen LogP contribution in [0.25, 0.3) is 10.9 Å². The molecule has 4 amide bonds.